The van der Waals surface area contributed by atoms with Gasteiger partial charge in [-0.3, -0.25) is 0 Å². The molecule has 0 amide bonds. The molecule has 1 saturated heterocycles. The average Bonchev–Trinajstić information content (AvgIpc) is 2.88. The van der Waals surface area contributed by atoms with Crippen LogP contribution in [0.2, 0.25) is 0 Å². The number of methoxy groups -OCH3 is 1. The van der Waals surface area contributed by atoms with Crippen molar-refractivity contribution in [2.45, 2.75) is 32.4 Å². The highest BCUT2D eigenvalue weighted by atomic mass is 16.5. The first kappa shape index (κ1) is 14.8. The molecule has 2 heterocycles. The third-order valence-corrected chi connectivity index (χ3v) is 3.98. The van der Waals surface area contributed by atoms with Gasteiger partial charge in [0.15, 0.2) is 0 Å². The van der Waals surface area contributed by atoms with Gasteiger partial charge in [0.05, 0.1) is 19.3 Å². The molecule has 0 radical (unpaired) electrons. The molecule has 2 aromatic rings. The molecule has 22 heavy (non-hydrogen) atoms. The van der Waals surface area contributed by atoms with E-state index in [0.717, 1.165) is 22.7 Å². The second kappa shape index (κ2) is 5.93. The number of rotatable bonds is 3. The van der Waals surface area contributed by atoms with Crippen LogP contribution in [0.25, 0.3) is 0 Å². The molecule has 1 aliphatic rings. The molecule has 0 saturated carbocycles. The number of aromatic nitrogens is 2. The minimum atomic E-state index is -0.374. The quantitative estimate of drug-likeness (QED) is 0.943. The van der Waals surface area contributed by atoms with E-state index in [-0.39, 0.29) is 12.1 Å². The fourth-order valence-electron chi connectivity index (χ4n) is 3.04. The maximum Gasteiger partial charge on any atom is 0.226 e. The highest BCUT2D eigenvalue weighted by Crippen LogP contribution is 2.35. The van der Waals surface area contributed by atoms with Crippen LogP contribution in [0.1, 0.15) is 29.4 Å². The Labute approximate surface area is 130 Å². The fourth-order valence-corrected chi connectivity index (χ4v) is 3.04. The van der Waals surface area contributed by atoms with Crippen molar-refractivity contribution in [3.8, 4) is 5.75 Å². The van der Waals surface area contributed by atoms with Gasteiger partial charge in [0.25, 0.3) is 0 Å². The van der Waals surface area contributed by atoms with Crippen LogP contribution in [-0.4, -0.2) is 34.8 Å². The van der Waals surface area contributed by atoms with E-state index in [9.17, 15) is 5.11 Å². The smallest absolute Gasteiger partial charge is 0.226 e. The van der Waals surface area contributed by atoms with Crippen LogP contribution in [0.5, 0.6) is 5.75 Å². The fraction of sp³-hybridized carbons (Fsp3) is 0.412. The summed E-state index contributed by atoms with van der Waals surface area (Å²) in [5.41, 5.74) is 2.99. The summed E-state index contributed by atoms with van der Waals surface area (Å²) in [4.78, 5) is 11.2. The van der Waals surface area contributed by atoms with Crippen LogP contribution >= 0.6 is 0 Å². The normalized spacial score (nSPS) is 21.2. The molecule has 2 atom stereocenters. The van der Waals surface area contributed by atoms with Crippen LogP contribution in [0, 0.1) is 13.8 Å². The van der Waals surface area contributed by atoms with Crippen LogP contribution in [0.3, 0.4) is 0 Å². The van der Waals surface area contributed by atoms with E-state index in [4.69, 9.17) is 4.74 Å². The number of aliphatic hydroxyl groups excluding tert-OH is 1. The summed E-state index contributed by atoms with van der Waals surface area (Å²) < 4.78 is 5.31. The number of benzene rings is 1. The van der Waals surface area contributed by atoms with Gasteiger partial charge >= 0.3 is 0 Å². The van der Waals surface area contributed by atoms with E-state index < -0.39 is 0 Å². The SMILES string of the molecule is COc1cccc([C@H]2C[C@@H](O)CN2c2nc(C)cc(C)n2)c1. The Kier molecular flexibility index (Phi) is 3.98. The second-order valence-corrected chi connectivity index (χ2v) is 5.79. The number of aryl methyl sites for hydroxylation is 2. The third-order valence-electron chi connectivity index (χ3n) is 3.98. The second-order valence-electron chi connectivity index (χ2n) is 5.79. The summed E-state index contributed by atoms with van der Waals surface area (Å²) in [7, 11) is 1.66. The van der Waals surface area contributed by atoms with Gasteiger partial charge in [-0.15, -0.1) is 0 Å². The van der Waals surface area contributed by atoms with Crippen LogP contribution in [-0.2, 0) is 0 Å². The van der Waals surface area contributed by atoms with E-state index >= 15 is 0 Å². The van der Waals surface area contributed by atoms with Crippen molar-refractivity contribution >= 4 is 5.95 Å². The van der Waals surface area contributed by atoms with Crippen LogP contribution < -0.4 is 9.64 Å². The Morgan fingerprint density at radius 2 is 1.91 bits per heavy atom. The summed E-state index contributed by atoms with van der Waals surface area (Å²) in [6.07, 6.45) is 0.296. The van der Waals surface area contributed by atoms with Gasteiger partial charge in [-0.1, -0.05) is 12.1 Å². The molecular formula is C17H21N3O2. The molecular weight excluding hydrogens is 278 g/mol. The van der Waals surface area contributed by atoms with Crippen molar-refractivity contribution in [3.05, 3.63) is 47.3 Å². The Morgan fingerprint density at radius 1 is 1.18 bits per heavy atom. The molecule has 1 aromatic heterocycles. The van der Waals surface area contributed by atoms with Crippen molar-refractivity contribution < 1.29 is 9.84 Å². The van der Waals surface area contributed by atoms with Gasteiger partial charge < -0.3 is 14.7 Å². The van der Waals surface area contributed by atoms with Gasteiger partial charge in [-0.25, -0.2) is 9.97 Å². The summed E-state index contributed by atoms with van der Waals surface area (Å²) in [5.74, 6) is 1.50. The first-order chi connectivity index (χ1) is 10.6. The summed E-state index contributed by atoms with van der Waals surface area (Å²) in [6.45, 7) is 4.47. The molecule has 5 heteroatoms. The molecule has 116 valence electrons. The van der Waals surface area contributed by atoms with Crippen LogP contribution in [0.4, 0.5) is 5.95 Å². The molecule has 1 N–H and O–H groups in total. The van der Waals surface area contributed by atoms with Crippen molar-refractivity contribution in [1.29, 1.82) is 0 Å². The predicted molar refractivity (Wildman–Crippen MR) is 85.2 cm³/mol. The molecule has 0 spiro atoms. The third kappa shape index (κ3) is 2.90. The summed E-state index contributed by atoms with van der Waals surface area (Å²) in [6, 6.07) is 9.98. The topological polar surface area (TPSA) is 58.5 Å². The largest absolute Gasteiger partial charge is 0.497 e. The number of β-amino-alcohol motifs (C(OH)–C–C–N with tert-alkyl or cyclic N) is 1. The van der Waals surface area contributed by atoms with E-state index in [2.05, 4.69) is 20.9 Å². The zero-order valence-electron chi connectivity index (χ0n) is 13.2. The van der Waals surface area contributed by atoms with E-state index in [1.807, 2.05) is 38.1 Å². The van der Waals surface area contributed by atoms with Crippen molar-refractivity contribution in [2.75, 3.05) is 18.6 Å². The Bertz CT molecular complexity index is 654. The molecule has 1 aliphatic heterocycles. The van der Waals surface area contributed by atoms with Crippen molar-refractivity contribution in [2.24, 2.45) is 0 Å². The lowest BCUT2D eigenvalue weighted by molar-refractivity contribution is 0.194. The van der Waals surface area contributed by atoms with E-state index in [1.165, 1.54) is 0 Å². The van der Waals surface area contributed by atoms with Gasteiger partial charge in [-0.05, 0) is 44.0 Å². The Balaban J connectivity index is 1.98. The predicted octanol–water partition coefficient (Wildman–Crippen LogP) is 2.41. The van der Waals surface area contributed by atoms with E-state index in [0.29, 0.717) is 18.9 Å². The van der Waals surface area contributed by atoms with Gasteiger partial charge in [0, 0.05) is 17.9 Å². The van der Waals surface area contributed by atoms with Gasteiger partial charge in [0.1, 0.15) is 5.75 Å². The van der Waals surface area contributed by atoms with Crippen LogP contribution in [0.15, 0.2) is 30.3 Å². The summed E-state index contributed by atoms with van der Waals surface area (Å²) in [5, 5.41) is 10.1. The maximum atomic E-state index is 10.1. The molecule has 0 bridgehead atoms. The number of nitrogens with zero attached hydrogens (tertiary/aromatic N) is 3. The zero-order chi connectivity index (χ0) is 15.7. The summed E-state index contributed by atoms with van der Waals surface area (Å²) >= 11 is 0. The maximum absolute atomic E-state index is 10.1. The van der Waals surface area contributed by atoms with Gasteiger partial charge in [-0.2, -0.15) is 0 Å². The molecule has 5 nitrogen and oxygen atoms in total. The highest BCUT2D eigenvalue weighted by molar-refractivity contribution is 5.42. The lowest BCUT2D eigenvalue weighted by Gasteiger charge is -2.25. The molecule has 3 rings (SSSR count). The van der Waals surface area contributed by atoms with Gasteiger partial charge in [0.2, 0.25) is 5.95 Å². The number of aliphatic hydroxyl groups is 1. The standard InChI is InChI=1S/C17H21N3O2/c1-11-7-12(2)19-17(18-11)20-10-14(21)9-16(20)13-5-4-6-15(8-13)22-3/h4-8,14,16,21H,9-10H2,1-3H3/t14-,16-/m1/s1. The minimum Gasteiger partial charge on any atom is -0.497 e. The number of anilines is 1. The first-order valence-electron chi connectivity index (χ1n) is 7.48. The zero-order valence-corrected chi connectivity index (χ0v) is 13.2. The lowest BCUT2D eigenvalue weighted by Crippen LogP contribution is -2.26. The average molecular weight is 299 g/mol. The Hall–Kier alpha value is -2.14. The number of ether oxygens (including phenoxy) is 1. The van der Waals surface area contributed by atoms with Crippen molar-refractivity contribution in [3.63, 3.8) is 0 Å². The number of hydrogen-bond acceptors (Lipinski definition) is 5. The Morgan fingerprint density at radius 3 is 2.59 bits per heavy atom. The number of hydrogen-bond donors (Lipinski definition) is 1. The molecule has 0 unspecified atom stereocenters. The molecule has 1 aromatic carbocycles. The van der Waals surface area contributed by atoms with E-state index in [1.54, 1.807) is 7.11 Å². The monoisotopic (exact) mass is 299 g/mol. The molecule has 1 fully saturated rings. The minimum absolute atomic E-state index is 0.0614. The first-order valence-corrected chi connectivity index (χ1v) is 7.48. The highest BCUT2D eigenvalue weighted by Gasteiger charge is 2.34. The lowest BCUT2D eigenvalue weighted by atomic mass is 10.0. The molecule has 0 aliphatic carbocycles. The van der Waals surface area contributed by atoms with Crippen molar-refractivity contribution in [1.82, 2.24) is 9.97 Å².